The Hall–Kier alpha value is -1.75. The first kappa shape index (κ1) is 11.3. The lowest BCUT2D eigenvalue weighted by Gasteiger charge is -1.96. The Morgan fingerprint density at radius 2 is 2.27 bits per heavy atom. The summed E-state index contributed by atoms with van der Waals surface area (Å²) in [6.07, 6.45) is 3.72. The van der Waals surface area contributed by atoms with Crippen LogP contribution in [0, 0.1) is 11.8 Å². The van der Waals surface area contributed by atoms with E-state index in [1.807, 2.05) is 0 Å². The molecule has 0 aliphatic heterocycles. The monoisotopic (exact) mass is 202 g/mol. The van der Waals surface area contributed by atoms with Gasteiger partial charge in [-0.3, -0.25) is 4.79 Å². The van der Waals surface area contributed by atoms with Gasteiger partial charge in [-0.1, -0.05) is 25.2 Å². The van der Waals surface area contributed by atoms with Gasteiger partial charge in [-0.05, 0) is 24.6 Å². The number of unbranched alkanes of at least 4 members (excludes halogenated alkanes) is 2. The zero-order chi connectivity index (χ0) is 11.1. The number of carbonyl (C=O) groups is 1. The average Bonchev–Trinajstić information content (AvgIpc) is 2.26. The van der Waals surface area contributed by atoms with Gasteiger partial charge in [-0.15, -0.1) is 0 Å². The molecule has 1 aromatic rings. The highest BCUT2D eigenvalue weighted by atomic mass is 16.3. The van der Waals surface area contributed by atoms with Crippen molar-refractivity contribution in [1.82, 2.24) is 0 Å². The van der Waals surface area contributed by atoms with Crippen LogP contribution in [0.5, 0.6) is 5.75 Å². The van der Waals surface area contributed by atoms with E-state index in [2.05, 4.69) is 18.8 Å². The predicted molar refractivity (Wildman–Crippen MR) is 59.9 cm³/mol. The van der Waals surface area contributed by atoms with Crippen molar-refractivity contribution in [1.29, 1.82) is 0 Å². The Morgan fingerprint density at radius 1 is 1.47 bits per heavy atom. The molecule has 2 heteroatoms. The highest BCUT2D eigenvalue weighted by Gasteiger charge is 1.98. The molecule has 0 unspecified atom stereocenters. The Labute approximate surface area is 89.9 Å². The molecule has 2 nitrogen and oxygen atoms in total. The normalized spacial score (nSPS) is 9.13. The van der Waals surface area contributed by atoms with Crippen LogP contribution in [0.15, 0.2) is 18.2 Å². The second kappa shape index (κ2) is 5.87. The largest absolute Gasteiger partial charge is 0.507 e. The topological polar surface area (TPSA) is 37.3 Å². The van der Waals surface area contributed by atoms with Crippen LogP contribution in [0.25, 0.3) is 0 Å². The van der Waals surface area contributed by atoms with E-state index in [-0.39, 0.29) is 11.3 Å². The van der Waals surface area contributed by atoms with Crippen LogP contribution in [-0.4, -0.2) is 11.4 Å². The van der Waals surface area contributed by atoms with Gasteiger partial charge >= 0.3 is 0 Å². The first-order valence-corrected chi connectivity index (χ1v) is 5.05. The molecule has 0 aliphatic carbocycles. The van der Waals surface area contributed by atoms with E-state index >= 15 is 0 Å². The third kappa shape index (κ3) is 3.47. The molecule has 0 aromatic heterocycles. The molecule has 0 saturated carbocycles. The van der Waals surface area contributed by atoms with E-state index in [0.29, 0.717) is 6.29 Å². The molecule has 0 saturated heterocycles. The first-order valence-electron chi connectivity index (χ1n) is 5.05. The van der Waals surface area contributed by atoms with Crippen LogP contribution in [0.4, 0.5) is 0 Å². The van der Waals surface area contributed by atoms with Crippen LogP contribution < -0.4 is 0 Å². The minimum Gasteiger partial charge on any atom is -0.507 e. The number of rotatable bonds is 3. The van der Waals surface area contributed by atoms with Crippen LogP contribution in [0.3, 0.4) is 0 Å². The van der Waals surface area contributed by atoms with E-state index in [1.54, 1.807) is 12.1 Å². The fourth-order valence-corrected chi connectivity index (χ4v) is 1.16. The quantitative estimate of drug-likeness (QED) is 0.465. The molecule has 15 heavy (non-hydrogen) atoms. The maximum atomic E-state index is 10.5. The minimum absolute atomic E-state index is 0.00380. The summed E-state index contributed by atoms with van der Waals surface area (Å²) in [5, 5.41) is 9.27. The van der Waals surface area contributed by atoms with Gasteiger partial charge in [0.05, 0.1) is 5.56 Å². The molecular weight excluding hydrogens is 188 g/mol. The maximum absolute atomic E-state index is 10.5. The molecule has 0 spiro atoms. The number of aromatic hydroxyl groups is 1. The Balaban J connectivity index is 2.76. The van der Waals surface area contributed by atoms with Gasteiger partial charge in [0, 0.05) is 12.0 Å². The lowest BCUT2D eigenvalue weighted by atomic mass is 10.1. The molecule has 0 radical (unpaired) electrons. The lowest BCUT2D eigenvalue weighted by Crippen LogP contribution is -1.83. The molecule has 78 valence electrons. The fourth-order valence-electron chi connectivity index (χ4n) is 1.16. The van der Waals surface area contributed by atoms with E-state index < -0.39 is 0 Å². The number of hydrogen-bond acceptors (Lipinski definition) is 2. The van der Waals surface area contributed by atoms with Crippen molar-refractivity contribution in [3.63, 3.8) is 0 Å². The zero-order valence-corrected chi connectivity index (χ0v) is 8.79. The SMILES string of the molecule is CCCCC#Cc1ccc(O)c(C=O)c1. The van der Waals surface area contributed by atoms with Crippen molar-refractivity contribution in [3.05, 3.63) is 29.3 Å². The molecule has 0 amide bonds. The maximum Gasteiger partial charge on any atom is 0.153 e. The standard InChI is InChI=1S/C13H14O2/c1-2-3-4-5-6-11-7-8-13(15)12(9-11)10-14/h7-10,15H,2-4H2,1H3. The smallest absolute Gasteiger partial charge is 0.153 e. The minimum atomic E-state index is 0.00380. The highest BCUT2D eigenvalue weighted by Crippen LogP contribution is 2.15. The Bertz CT molecular complexity index is 397. The average molecular weight is 202 g/mol. The number of phenols is 1. The van der Waals surface area contributed by atoms with Crippen molar-refractivity contribution < 1.29 is 9.90 Å². The summed E-state index contributed by atoms with van der Waals surface area (Å²) in [7, 11) is 0. The van der Waals surface area contributed by atoms with Crippen molar-refractivity contribution in [2.45, 2.75) is 26.2 Å². The van der Waals surface area contributed by atoms with Crippen LogP contribution in [0.2, 0.25) is 0 Å². The summed E-state index contributed by atoms with van der Waals surface area (Å²) in [5.74, 6) is 5.99. The summed E-state index contributed by atoms with van der Waals surface area (Å²) >= 11 is 0. The van der Waals surface area contributed by atoms with E-state index in [4.69, 9.17) is 0 Å². The highest BCUT2D eigenvalue weighted by molar-refractivity contribution is 5.79. The molecular formula is C13H14O2. The summed E-state index contributed by atoms with van der Waals surface area (Å²) in [6, 6.07) is 4.80. The molecule has 1 aromatic carbocycles. The number of hydrogen-bond donors (Lipinski definition) is 1. The fraction of sp³-hybridized carbons (Fsp3) is 0.308. The van der Waals surface area contributed by atoms with E-state index in [9.17, 15) is 9.90 Å². The van der Waals surface area contributed by atoms with Gasteiger partial charge in [0.25, 0.3) is 0 Å². The first-order chi connectivity index (χ1) is 7.27. The third-order valence-electron chi connectivity index (χ3n) is 2.04. The lowest BCUT2D eigenvalue weighted by molar-refractivity contribution is 0.112. The van der Waals surface area contributed by atoms with Crippen molar-refractivity contribution in [2.24, 2.45) is 0 Å². The van der Waals surface area contributed by atoms with Crippen LogP contribution in [0.1, 0.15) is 42.1 Å². The van der Waals surface area contributed by atoms with Crippen LogP contribution in [-0.2, 0) is 0 Å². The molecule has 1 rings (SSSR count). The molecule has 0 aliphatic rings. The predicted octanol–water partition coefficient (Wildman–Crippen LogP) is 2.75. The summed E-state index contributed by atoms with van der Waals surface area (Å²) < 4.78 is 0. The van der Waals surface area contributed by atoms with Crippen molar-refractivity contribution in [2.75, 3.05) is 0 Å². The number of carbonyl (C=O) groups excluding carboxylic acids is 1. The number of aldehydes is 1. The second-order valence-corrected chi connectivity index (χ2v) is 3.30. The Morgan fingerprint density at radius 3 is 2.93 bits per heavy atom. The molecule has 0 heterocycles. The van der Waals surface area contributed by atoms with Crippen molar-refractivity contribution in [3.8, 4) is 17.6 Å². The molecule has 0 bridgehead atoms. The van der Waals surface area contributed by atoms with Gasteiger partial charge < -0.3 is 5.11 Å². The molecule has 0 fully saturated rings. The van der Waals surface area contributed by atoms with E-state index in [0.717, 1.165) is 24.8 Å². The molecule has 1 N–H and O–H groups in total. The van der Waals surface area contributed by atoms with Gasteiger partial charge in [-0.2, -0.15) is 0 Å². The number of benzene rings is 1. The zero-order valence-electron chi connectivity index (χ0n) is 8.79. The van der Waals surface area contributed by atoms with Gasteiger partial charge in [-0.25, -0.2) is 0 Å². The van der Waals surface area contributed by atoms with Crippen molar-refractivity contribution >= 4 is 6.29 Å². The number of phenolic OH excluding ortho intramolecular Hbond substituents is 1. The Kier molecular flexibility index (Phi) is 4.43. The third-order valence-corrected chi connectivity index (χ3v) is 2.04. The second-order valence-electron chi connectivity index (χ2n) is 3.30. The van der Waals surface area contributed by atoms with E-state index in [1.165, 1.54) is 6.07 Å². The summed E-state index contributed by atoms with van der Waals surface area (Å²) in [6.45, 7) is 2.12. The van der Waals surface area contributed by atoms with Crippen LogP contribution >= 0.6 is 0 Å². The summed E-state index contributed by atoms with van der Waals surface area (Å²) in [5.41, 5.74) is 1.06. The summed E-state index contributed by atoms with van der Waals surface area (Å²) in [4.78, 5) is 10.5. The van der Waals surface area contributed by atoms with Gasteiger partial charge in [0.15, 0.2) is 6.29 Å². The molecule has 0 atom stereocenters. The van der Waals surface area contributed by atoms with Gasteiger partial charge in [0.1, 0.15) is 5.75 Å². The van der Waals surface area contributed by atoms with Gasteiger partial charge in [0.2, 0.25) is 0 Å².